The summed E-state index contributed by atoms with van der Waals surface area (Å²) in [5.41, 5.74) is 5.42. The van der Waals surface area contributed by atoms with Gasteiger partial charge in [-0.15, -0.1) is 0 Å². The largest absolute Gasteiger partial charge is 0.312 e. The fourth-order valence-electron chi connectivity index (χ4n) is 5.58. The minimum absolute atomic E-state index is 0.0751. The number of nitrogens with zero attached hydrogens (tertiary/aromatic N) is 3. The van der Waals surface area contributed by atoms with Crippen molar-refractivity contribution in [2.75, 3.05) is 19.6 Å². The Balaban J connectivity index is 1.17. The average molecular weight is 407 g/mol. The van der Waals surface area contributed by atoms with Crippen molar-refractivity contribution in [3.63, 3.8) is 0 Å². The lowest BCUT2D eigenvalue weighted by Crippen LogP contribution is -2.49. The summed E-state index contributed by atoms with van der Waals surface area (Å²) in [6.07, 6.45) is 10.5. The van der Waals surface area contributed by atoms with Gasteiger partial charge in [0.05, 0.1) is 12.2 Å². The van der Waals surface area contributed by atoms with E-state index in [1.807, 2.05) is 6.07 Å². The molecule has 3 aliphatic rings. The van der Waals surface area contributed by atoms with Crippen LogP contribution >= 0.6 is 0 Å². The topological polar surface area (TPSA) is 50.2 Å². The van der Waals surface area contributed by atoms with E-state index >= 15 is 0 Å². The molecule has 2 heterocycles. The molecule has 5 heteroatoms. The first-order valence-electron chi connectivity index (χ1n) is 11.9. The summed E-state index contributed by atoms with van der Waals surface area (Å²) in [7, 11) is 0. The summed E-state index contributed by atoms with van der Waals surface area (Å²) in [6, 6.07) is 11.8. The molecule has 0 amide bonds. The quantitative estimate of drug-likeness (QED) is 0.801. The van der Waals surface area contributed by atoms with Gasteiger partial charge in [0.2, 0.25) is 0 Å². The van der Waals surface area contributed by atoms with Crippen LogP contribution in [0.2, 0.25) is 0 Å². The minimum atomic E-state index is 0.0751. The Bertz CT molecular complexity index is 912. The van der Waals surface area contributed by atoms with E-state index in [-0.39, 0.29) is 5.56 Å². The van der Waals surface area contributed by atoms with Crippen molar-refractivity contribution < 1.29 is 0 Å². The van der Waals surface area contributed by atoms with Crippen molar-refractivity contribution in [2.24, 2.45) is 0 Å². The van der Waals surface area contributed by atoms with Gasteiger partial charge in [-0.1, -0.05) is 30.7 Å². The summed E-state index contributed by atoms with van der Waals surface area (Å²) in [5, 5.41) is 8.57. The third kappa shape index (κ3) is 4.37. The lowest BCUT2D eigenvalue weighted by Gasteiger charge is -2.36. The van der Waals surface area contributed by atoms with Crippen LogP contribution in [0.4, 0.5) is 0 Å². The molecule has 0 spiro atoms. The van der Waals surface area contributed by atoms with Crippen molar-refractivity contribution in [3.05, 3.63) is 63.1 Å². The van der Waals surface area contributed by atoms with Crippen LogP contribution in [-0.4, -0.2) is 46.4 Å². The van der Waals surface area contributed by atoms with Gasteiger partial charge < -0.3 is 5.32 Å². The molecule has 1 aliphatic heterocycles. The van der Waals surface area contributed by atoms with Gasteiger partial charge in [0, 0.05) is 31.2 Å². The monoisotopic (exact) mass is 406 g/mol. The van der Waals surface area contributed by atoms with E-state index in [2.05, 4.69) is 34.5 Å². The summed E-state index contributed by atoms with van der Waals surface area (Å²) >= 11 is 0. The predicted octanol–water partition coefficient (Wildman–Crippen LogP) is 2.73. The van der Waals surface area contributed by atoms with Gasteiger partial charge in [-0.05, 0) is 74.6 Å². The number of piperidine rings is 1. The molecular weight excluding hydrogens is 372 g/mol. The zero-order valence-corrected chi connectivity index (χ0v) is 18.0. The molecule has 160 valence electrons. The highest BCUT2D eigenvalue weighted by Crippen LogP contribution is 2.23. The van der Waals surface area contributed by atoms with E-state index in [1.165, 1.54) is 48.8 Å². The number of likely N-dealkylation sites (tertiary alicyclic amines) is 1. The molecule has 30 heavy (non-hydrogen) atoms. The molecule has 5 nitrogen and oxygen atoms in total. The smallest absolute Gasteiger partial charge is 0.267 e. The lowest BCUT2D eigenvalue weighted by molar-refractivity contribution is 0.135. The molecule has 2 aliphatic carbocycles. The summed E-state index contributed by atoms with van der Waals surface area (Å²) in [4.78, 5) is 15.1. The maximum Gasteiger partial charge on any atom is 0.267 e. The Labute approximate surface area is 179 Å². The van der Waals surface area contributed by atoms with E-state index in [0.717, 1.165) is 51.0 Å². The summed E-state index contributed by atoms with van der Waals surface area (Å²) in [6.45, 7) is 3.81. The van der Waals surface area contributed by atoms with E-state index < -0.39 is 0 Å². The van der Waals surface area contributed by atoms with Gasteiger partial charge in [0.1, 0.15) is 0 Å². The van der Waals surface area contributed by atoms with Crippen LogP contribution in [0.15, 0.2) is 35.1 Å². The molecular formula is C25H34N4O. The Kier molecular flexibility index (Phi) is 6.00. The first kappa shape index (κ1) is 20.0. The number of hydrogen-bond donors (Lipinski definition) is 1. The van der Waals surface area contributed by atoms with Crippen LogP contribution in [0.1, 0.15) is 54.5 Å². The third-order valence-electron chi connectivity index (χ3n) is 7.32. The van der Waals surface area contributed by atoms with E-state index in [9.17, 15) is 4.79 Å². The molecule has 1 unspecified atom stereocenters. The number of fused-ring (bicyclic) bond motifs is 2. The van der Waals surface area contributed by atoms with Gasteiger partial charge in [-0.3, -0.25) is 9.69 Å². The van der Waals surface area contributed by atoms with Crippen LogP contribution < -0.4 is 10.9 Å². The average Bonchev–Trinajstić information content (AvgIpc) is 3.20. The van der Waals surface area contributed by atoms with Gasteiger partial charge in [-0.2, -0.15) is 5.10 Å². The summed E-state index contributed by atoms with van der Waals surface area (Å²) in [5.74, 6) is 0. The zero-order chi connectivity index (χ0) is 20.3. The number of aromatic nitrogens is 2. The molecule has 5 rings (SSSR count). The lowest BCUT2D eigenvalue weighted by atomic mass is 9.97. The van der Waals surface area contributed by atoms with Gasteiger partial charge in [0.15, 0.2) is 0 Å². The van der Waals surface area contributed by atoms with Crippen molar-refractivity contribution in [3.8, 4) is 0 Å². The maximum absolute atomic E-state index is 12.5. The molecule has 1 aromatic heterocycles. The van der Waals surface area contributed by atoms with Crippen LogP contribution in [0.5, 0.6) is 0 Å². The highest BCUT2D eigenvalue weighted by molar-refractivity contribution is 5.33. The van der Waals surface area contributed by atoms with Crippen LogP contribution in [0, 0.1) is 0 Å². The Morgan fingerprint density at radius 2 is 1.77 bits per heavy atom. The standard InChI is InChI=1S/C25H34N4O/c30-25-17-21-9-3-4-11-24(21)27-29(25)14-13-28-12-6-5-10-23(28)18-26-22-15-19-7-1-2-8-20(19)16-22/h1-2,7-8,17,22-23,26H,3-6,9-16,18H2. The van der Waals surface area contributed by atoms with Crippen LogP contribution in [0.3, 0.4) is 0 Å². The molecule has 1 fully saturated rings. The van der Waals surface area contributed by atoms with Crippen molar-refractivity contribution in [2.45, 2.75) is 76.4 Å². The SMILES string of the molecule is O=c1cc2c(nn1CCN1CCCCC1CNC1Cc3ccccc3C1)CCCC2. The van der Waals surface area contributed by atoms with Crippen LogP contribution in [0.25, 0.3) is 0 Å². The zero-order valence-electron chi connectivity index (χ0n) is 18.0. The first-order chi connectivity index (χ1) is 14.8. The van der Waals surface area contributed by atoms with E-state index in [4.69, 9.17) is 5.10 Å². The fraction of sp³-hybridized carbons (Fsp3) is 0.600. The molecule has 0 bridgehead atoms. The first-order valence-corrected chi connectivity index (χ1v) is 11.9. The number of rotatable bonds is 6. The van der Waals surface area contributed by atoms with E-state index in [1.54, 1.807) is 4.68 Å². The third-order valence-corrected chi connectivity index (χ3v) is 7.32. The molecule has 1 atom stereocenters. The number of hydrogen-bond acceptors (Lipinski definition) is 4. The van der Waals surface area contributed by atoms with E-state index in [0.29, 0.717) is 18.6 Å². The van der Waals surface area contributed by atoms with Crippen molar-refractivity contribution in [1.29, 1.82) is 0 Å². The Morgan fingerprint density at radius 3 is 2.60 bits per heavy atom. The van der Waals surface area contributed by atoms with Gasteiger partial charge in [0.25, 0.3) is 5.56 Å². The molecule has 0 saturated carbocycles. The second-order valence-corrected chi connectivity index (χ2v) is 9.35. The maximum atomic E-state index is 12.5. The van der Waals surface area contributed by atoms with Crippen molar-refractivity contribution >= 4 is 0 Å². The summed E-state index contributed by atoms with van der Waals surface area (Å²) < 4.78 is 1.72. The molecule has 0 radical (unpaired) electrons. The highest BCUT2D eigenvalue weighted by atomic mass is 16.1. The van der Waals surface area contributed by atoms with Gasteiger partial charge in [-0.25, -0.2) is 4.68 Å². The highest BCUT2D eigenvalue weighted by Gasteiger charge is 2.26. The normalized spacial score (nSPS) is 22.1. The number of nitrogens with one attached hydrogen (secondary N) is 1. The number of aryl methyl sites for hydroxylation is 2. The van der Waals surface area contributed by atoms with Crippen molar-refractivity contribution in [1.82, 2.24) is 20.0 Å². The molecule has 1 N–H and O–H groups in total. The second-order valence-electron chi connectivity index (χ2n) is 9.35. The molecule has 1 aromatic carbocycles. The van der Waals surface area contributed by atoms with Gasteiger partial charge >= 0.3 is 0 Å². The second kappa shape index (κ2) is 9.03. The Hall–Kier alpha value is -1.98. The molecule has 1 saturated heterocycles. The predicted molar refractivity (Wildman–Crippen MR) is 120 cm³/mol. The minimum Gasteiger partial charge on any atom is -0.312 e. The Morgan fingerprint density at radius 1 is 0.967 bits per heavy atom. The number of benzene rings is 1. The fourth-order valence-corrected chi connectivity index (χ4v) is 5.58. The molecule has 2 aromatic rings. The van der Waals surface area contributed by atoms with Crippen LogP contribution in [-0.2, 0) is 32.2 Å².